The van der Waals surface area contributed by atoms with Crippen LogP contribution in [0.1, 0.15) is 52.9 Å². The molecule has 3 heteroatoms. The third-order valence-electron chi connectivity index (χ3n) is 6.33. The minimum atomic E-state index is 0.722. The fourth-order valence-electron chi connectivity index (χ4n) is 5.04. The van der Waals surface area contributed by atoms with E-state index in [0.29, 0.717) is 0 Å². The maximum Gasteiger partial charge on any atom is 0.0221 e. The molecule has 2 saturated heterocycles. The van der Waals surface area contributed by atoms with Crippen molar-refractivity contribution in [2.24, 2.45) is 11.8 Å². The van der Waals surface area contributed by atoms with E-state index in [1.807, 2.05) is 0 Å². The average molecular weight is 293 g/mol. The summed E-state index contributed by atoms with van der Waals surface area (Å²) >= 11 is 0. The summed E-state index contributed by atoms with van der Waals surface area (Å²) in [5, 5.41) is 4.02. The second kappa shape index (κ2) is 6.97. The number of rotatable bonds is 5. The van der Waals surface area contributed by atoms with Gasteiger partial charge in [0.05, 0.1) is 0 Å². The topological polar surface area (TPSA) is 18.5 Å². The molecule has 0 aromatic heterocycles. The Morgan fingerprint density at radius 2 is 1.76 bits per heavy atom. The Morgan fingerprint density at radius 3 is 2.38 bits per heavy atom. The van der Waals surface area contributed by atoms with Gasteiger partial charge in [-0.3, -0.25) is 4.90 Å². The van der Waals surface area contributed by atoms with Crippen LogP contribution in [0.2, 0.25) is 0 Å². The molecule has 3 unspecified atom stereocenters. The molecule has 0 aromatic carbocycles. The molecule has 0 aromatic rings. The first-order chi connectivity index (χ1) is 10.2. The summed E-state index contributed by atoms with van der Waals surface area (Å²) in [5.74, 6) is 1.80. The van der Waals surface area contributed by atoms with E-state index >= 15 is 0 Å². The maximum atomic E-state index is 4.02. The molecule has 0 amide bonds. The van der Waals surface area contributed by atoms with E-state index in [1.54, 1.807) is 0 Å². The van der Waals surface area contributed by atoms with Gasteiger partial charge in [-0.1, -0.05) is 13.3 Å². The lowest BCUT2D eigenvalue weighted by Crippen LogP contribution is -2.59. The summed E-state index contributed by atoms with van der Waals surface area (Å²) < 4.78 is 0. The van der Waals surface area contributed by atoms with Gasteiger partial charge in [0.2, 0.25) is 0 Å². The van der Waals surface area contributed by atoms with Crippen molar-refractivity contribution >= 4 is 0 Å². The molecule has 1 N–H and O–H groups in total. The van der Waals surface area contributed by atoms with Crippen LogP contribution in [0.5, 0.6) is 0 Å². The molecule has 1 aliphatic carbocycles. The fraction of sp³-hybridized carbons (Fsp3) is 1.00. The van der Waals surface area contributed by atoms with Gasteiger partial charge in [-0.05, 0) is 64.5 Å². The van der Waals surface area contributed by atoms with E-state index in [2.05, 4.69) is 35.9 Å². The molecule has 2 heterocycles. The summed E-state index contributed by atoms with van der Waals surface area (Å²) in [7, 11) is 0. The molecule has 3 nitrogen and oxygen atoms in total. The second-order valence-electron chi connectivity index (χ2n) is 7.86. The maximum absolute atomic E-state index is 4.02. The quantitative estimate of drug-likeness (QED) is 0.840. The van der Waals surface area contributed by atoms with Gasteiger partial charge in [0.15, 0.2) is 0 Å². The van der Waals surface area contributed by atoms with Gasteiger partial charge in [-0.25, -0.2) is 0 Å². The van der Waals surface area contributed by atoms with Crippen LogP contribution in [0.4, 0.5) is 0 Å². The normalized spacial score (nSPS) is 38.3. The zero-order valence-electron chi connectivity index (χ0n) is 14.4. The van der Waals surface area contributed by atoms with Crippen molar-refractivity contribution in [2.45, 2.75) is 71.0 Å². The van der Waals surface area contributed by atoms with Gasteiger partial charge in [0, 0.05) is 37.8 Å². The minimum Gasteiger partial charge on any atom is -0.312 e. The Bertz CT molecular complexity index is 316. The van der Waals surface area contributed by atoms with Crippen molar-refractivity contribution in [3.63, 3.8) is 0 Å². The average Bonchev–Trinajstić information content (AvgIpc) is 2.91. The second-order valence-corrected chi connectivity index (χ2v) is 7.86. The predicted molar refractivity (Wildman–Crippen MR) is 89.6 cm³/mol. The summed E-state index contributed by atoms with van der Waals surface area (Å²) in [6.45, 7) is 13.5. The first kappa shape index (κ1) is 15.8. The van der Waals surface area contributed by atoms with Crippen LogP contribution in [0.3, 0.4) is 0 Å². The Balaban J connectivity index is 1.55. The van der Waals surface area contributed by atoms with E-state index < -0.39 is 0 Å². The van der Waals surface area contributed by atoms with Gasteiger partial charge >= 0.3 is 0 Å². The van der Waals surface area contributed by atoms with Crippen molar-refractivity contribution in [3.05, 3.63) is 0 Å². The Labute approximate surface area is 131 Å². The van der Waals surface area contributed by atoms with E-state index in [-0.39, 0.29) is 0 Å². The van der Waals surface area contributed by atoms with Gasteiger partial charge in [0.1, 0.15) is 0 Å². The molecule has 3 fully saturated rings. The third kappa shape index (κ3) is 3.46. The van der Waals surface area contributed by atoms with E-state index in [1.165, 1.54) is 64.8 Å². The summed E-state index contributed by atoms with van der Waals surface area (Å²) in [6.07, 6.45) is 7.16. The first-order valence-corrected chi connectivity index (χ1v) is 9.40. The van der Waals surface area contributed by atoms with Crippen molar-refractivity contribution in [1.29, 1.82) is 0 Å². The van der Waals surface area contributed by atoms with Gasteiger partial charge in [0.25, 0.3) is 0 Å². The largest absolute Gasteiger partial charge is 0.312 e. The highest BCUT2D eigenvalue weighted by Gasteiger charge is 2.40. The Hall–Kier alpha value is -0.120. The molecule has 2 aliphatic heterocycles. The highest BCUT2D eigenvalue weighted by atomic mass is 15.2. The molecule has 2 bridgehead atoms. The molecule has 0 spiro atoms. The molecule has 1 saturated carbocycles. The lowest BCUT2D eigenvalue weighted by Gasteiger charge is -2.49. The van der Waals surface area contributed by atoms with Gasteiger partial charge in [-0.2, -0.15) is 0 Å². The first-order valence-electron chi connectivity index (χ1n) is 9.40. The number of likely N-dealkylation sites (tertiary alicyclic amines) is 2. The van der Waals surface area contributed by atoms with E-state index in [9.17, 15) is 0 Å². The predicted octanol–water partition coefficient (Wildman–Crippen LogP) is 2.57. The van der Waals surface area contributed by atoms with Crippen LogP contribution < -0.4 is 5.32 Å². The zero-order chi connectivity index (χ0) is 14.8. The van der Waals surface area contributed by atoms with Gasteiger partial charge < -0.3 is 10.2 Å². The fourth-order valence-corrected chi connectivity index (χ4v) is 5.04. The lowest BCUT2D eigenvalue weighted by atomic mass is 9.73. The molecule has 3 aliphatic rings. The van der Waals surface area contributed by atoms with E-state index in [0.717, 1.165) is 30.0 Å². The molecular weight excluding hydrogens is 258 g/mol. The van der Waals surface area contributed by atoms with Crippen molar-refractivity contribution in [3.8, 4) is 0 Å². The molecular formula is C18H35N3. The number of hydrogen-bond donors (Lipinski definition) is 1. The van der Waals surface area contributed by atoms with Crippen molar-refractivity contribution < 1.29 is 0 Å². The number of piperidine rings is 1. The van der Waals surface area contributed by atoms with Crippen LogP contribution in [-0.2, 0) is 0 Å². The molecule has 3 rings (SSSR count). The number of hydrogen-bond acceptors (Lipinski definition) is 3. The molecule has 3 atom stereocenters. The molecule has 0 radical (unpaired) electrons. The van der Waals surface area contributed by atoms with E-state index in [4.69, 9.17) is 0 Å². The minimum absolute atomic E-state index is 0.722. The number of likely N-dealkylation sites (N-methyl/N-ethyl adjacent to an activating group) is 1. The summed E-state index contributed by atoms with van der Waals surface area (Å²) in [6, 6.07) is 2.33. The highest BCUT2D eigenvalue weighted by Crippen LogP contribution is 2.35. The summed E-state index contributed by atoms with van der Waals surface area (Å²) in [5.41, 5.74) is 0. The smallest absolute Gasteiger partial charge is 0.0221 e. The van der Waals surface area contributed by atoms with Crippen LogP contribution in [-0.4, -0.2) is 60.6 Å². The standard InChI is InChI=1S/C18H35N3/c1-4-20-10-6-9-17(20)11-19-18-15-7-5-8-16(18)13-21(12-15)14(2)3/h14-19H,4-13H2,1-3H3. The van der Waals surface area contributed by atoms with Crippen LogP contribution in [0.25, 0.3) is 0 Å². The summed E-state index contributed by atoms with van der Waals surface area (Å²) in [4.78, 5) is 5.40. The van der Waals surface area contributed by atoms with Gasteiger partial charge in [-0.15, -0.1) is 0 Å². The third-order valence-corrected chi connectivity index (χ3v) is 6.33. The van der Waals surface area contributed by atoms with Crippen LogP contribution in [0.15, 0.2) is 0 Å². The monoisotopic (exact) mass is 293 g/mol. The number of nitrogens with one attached hydrogen (secondary N) is 1. The highest BCUT2D eigenvalue weighted by molar-refractivity contribution is 4.96. The SMILES string of the molecule is CCN1CCCC1CNC1C2CCCC1CN(C(C)C)C2. The zero-order valence-corrected chi connectivity index (χ0v) is 14.4. The number of nitrogens with zero attached hydrogens (tertiary/aromatic N) is 2. The Kier molecular flexibility index (Phi) is 5.23. The molecule has 122 valence electrons. The molecule has 21 heavy (non-hydrogen) atoms. The Morgan fingerprint density at radius 1 is 1.05 bits per heavy atom. The van der Waals surface area contributed by atoms with Crippen molar-refractivity contribution in [1.82, 2.24) is 15.1 Å². The van der Waals surface area contributed by atoms with Crippen LogP contribution >= 0.6 is 0 Å². The van der Waals surface area contributed by atoms with Crippen molar-refractivity contribution in [2.75, 3.05) is 32.7 Å². The lowest BCUT2D eigenvalue weighted by molar-refractivity contribution is 0.0274. The number of fused-ring (bicyclic) bond motifs is 2. The van der Waals surface area contributed by atoms with Crippen LogP contribution in [0, 0.1) is 11.8 Å².